The van der Waals surface area contributed by atoms with Crippen LogP contribution in [-0.2, 0) is 4.79 Å². The van der Waals surface area contributed by atoms with Crippen LogP contribution in [0.15, 0.2) is 5.11 Å². The summed E-state index contributed by atoms with van der Waals surface area (Å²) in [6.07, 6.45) is 0.351. The minimum atomic E-state index is 0.0531. The molecule has 0 bridgehead atoms. The van der Waals surface area contributed by atoms with E-state index in [9.17, 15) is 4.79 Å². The minimum Gasteiger partial charge on any atom is -0.300 e. The Morgan fingerprint density at radius 3 is 2.88 bits per heavy atom. The Hall–Kier alpha value is -1.02. The summed E-state index contributed by atoms with van der Waals surface area (Å²) in [5.74, 6) is 0.0531. The average Bonchev–Trinajstić information content (AvgIpc) is 1.66. The molecule has 0 aromatic carbocycles. The molecule has 8 heavy (non-hydrogen) atoms. The molecule has 0 aliphatic carbocycles. The van der Waals surface area contributed by atoms with E-state index in [1.54, 1.807) is 0 Å². The first-order valence-electron chi connectivity index (χ1n) is 2.27. The molecule has 0 aromatic rings. The molecule has 0 N–H and O–H groups in total. The standard InChI is InChI=1S/C4H7N3O/c1-4(8)2-3-6-7-5/h2-3H2,1H3. The van der Waals surface area contributed by atoms with E-state index in [0.717, 1.165) is 0 Å². The van der Waals surface area contributed by atoms with E-state index in [2.05, 4.69) is 10.0 Å². The summed E-state index contributed by atoms with van der Waals surface area (Å²) in [6, 6.07) is 0. The van der Waals surface area contributed by atoms with Crippen LogP contribution in [0.5, 0.6) is 0 Å². The molecule has 0 aliphatic heterocycles. The van der Waals surface area contributed by atoms with Crippen LogP contribution in [0.1, 0.15) is 13.3 Å². The molecule has 0 fully saturated rings. The van der Waals surface area contributed by atoms with Crippen LogP contribution in [0.3, 0.4) is 0 Å². The van der Waals surface area contributed by atoms with Gasteiger partial charge in [0, 0.05) is 17.9 Å². The Kier molecular flexibility index (Phi) is 3.62. The van der Waals surface area contributed by atoms with Crippen molar-refractivity contribution in [2.45, 2.75) is 13.3 Å². The third-order valence-electron chi connectivity index (χ3n) is 0.627. The van der Waals surface area contributed by atoms with Crippen molar-refractivity contribution in [3.05, 3.63) is 10.4 Å². The maximum atomic E-state index is 10.1. The molecule has 0 aromatic heterocycles. The Bertz CT molecular complexity index is 123. The molecule has 0 saturated heterocycles. The first-order chi connectivity index (χ1) is 3.77. The Morgan fingerprint density at radius 1 is 1.88 bits per heavy atom. The predicted octanol–water partition coefficient (Wildman–Crippen LogP) is 1.28. The fraction of sp³-hybridized carbons (Fsp3) is 0.750. The van der Waals surface area contributed by atoms with Crippen molar-refractivity contribution >= 4 is 5.78 Å². The van der Waals surface area contributed by atoms with Crippen molar-refractivity contribution in [3.63, 3.8) is 0 Å². The second-order valence-electron chi connectivity index (χ2n) is 1.41. The summed E-state index contributed by atoms with van der Waals surface area (Å²) in [5, 5.41) is 3.17. The van der Waals surface area contributed by atoms with Gasteiger partial charge in [0.15, 0.2) is 0 Å². The van der Waals surface area contributed by atoms with Crippen molar-refractivity contribution in [2.24, 2.45) is 5.11 Å². The molecule has 0 heterocycles. The number of hydrogen-bond acceptors (Lipinski definition) is 2. The number of azide groups is 1. The number of carbonyl (C=O) groups excluding carboxylic acids is 1. The molecule has 0 saturated carbocycles. The van der Waals surface area contributed by atoms with E-state index < -0.39 is 0 Å². The van der Waals surface area contributed by atoms with Crippen molar-refractivity contribution in [1.82, 2.24) is 0 Å². The molecule has 0 radical (unpaired) electrons. The van der Waals surface area contributed by atoms with Crippen LogP contribution in [-0.4, -0.2) is 12.3 Å². The molecular formula is C4H7N3O. The smallest absolute Gasteiger partial charge is 0.129 e. The molecule has 0 aliphatic rings. The highest BCUT2D eigenvalue weighted by molar-refractivity contribution is 5.75. The van der Waals surface area contributed by atoms with E-state index in [4.69, 9.17) is 5.53 Å². The topological polar surface area (TPSA) is 65.8 Å². The monoisotopic (exact) mass is 113 g/mol. The van der Waals surface area contributed by atoms with Gasteiger partial charge in [0.25, 0.3) is 0 Å². The second-order valence-corrected chi connectivity index (χ2v) is 1.41. The molecule has 44 valence electrons. The van der Waals surface area contributed by atoms with Gasteiger partial charge in [0.05, 0.1) is 0 Å². The molecule has 4 nitrogen and oxygen atoms in total. The van der Waals surface area contributed by atoms with Gasteiger partial charge in [0.2, 0.25) is 0 Å². The summed E-state index contributed by atoms with van der Waals surface area (Å²) < 4.78 is 0. The molecule has 0 amide bonds. The van der Waals surface area contributed by atoms with Gasteiger partial charge in [-0.25, -0.2) is 0 Å². The lowest BCUT2D eigenvalue weighted by Crippen LogP contribution is -1.90. The lowest BCUT2D eigenvalue weighted by atomic mass is 10.3. The van der Waals surface area contributed by atoms with Gasteiger partial charge >= 0.3 is 0 Å². The molecule has 0 rings (SSSR count). The highest BCUT2D eigenvalue weighted by Crippen LogP contribution is 1.81. The first-order valence-corrected chi connectivity index (χ1v) is 2.27. The second kappa shape index (κ2) is 4.15. The summed E-state index contributed by atoms with van der Waals surface area (Å²) in [5.41, 5.74) is 7.73. The van der Waals surface area contributed by atoms with Crippen LogP contribution >= 0.6 is 0 Å². The maximum Gasteiger partial charge on any atom is 0.129 e. The number of hydrogen-bond donors (Lipinski definition) is 0. The zero-order chi connectivity index (χ0) is 6.41. The van der Waals surface area contributed by atoms with Crippen molar-refractivity contribution in [1.29, 1.82) is 0 Å². The predicted molar refractivity (Wildman–Crippen MR) is 29.3 cm³/mol. The number of nitrogens with zero attached hydrogens (tertiary/aromatic N) is 3. The lowest BCUT2D eigenvalue weighted by molar-refractivity contribution is -0.116. The van der Waals surface area contributed by atoms with Crippen LogP contribution in [0.25, 0.3) is 10.4 Å². The maximum absolute atomic E-state index is 10.1. The third-order valence-corrected chi connectivity index (χ3v) is 0.627. The van der Waals surface area contributed by atoms with Gasteiger partial charge in [-0.15, -0.1) is 0 Å². The highest BCUT2D eigenvalue weighted by Gasteiger charge is 1.87. The molecule has 0 atom stereocenters. The first kappa shape index (κ1) is 6.98. The van der Waals surface area contributed by atoms with Crippen LogP contribution in [0.2, 0.25) is 0 Å². The number of Topliss-reactive ketones (excluding diaryl/α,β-unsaturated/α-hetero) is 1. The van der Waals surface area contributed by atoms with E-state index >= 15 is 0 Å². The summed E-state index contributed by atoms with van der Waals surface area (Å²) in [7, 11) is 0. The fourth-order valence-corrected chi connectivity index (χ4v) is 0.252. The van der Waals surface area contributed by atoms with Gasteiger partial charge in [-0.3, -0.25) is 0 Å². The molecule has 4 heteroatoms. The summed E-state index contributed by atoms with van der Waals surface area (Å²) >= 11 is 0. The normalized spacial score (nSPS) is 7.62. The highest BCUT2D eigenvalue weighted by atomic mass is 16.1. The summed E-state index contributed by atoms with van der Waals surface area (Å²) in [6.45, 7) is 1.75. The Labute approximate surface area is 47.1 Å². The third kappa shape index (κ3) is 4.98. The largest absolute Gasteiger partial charge is 0.300 e. The van der Waals surface area contributed by atoms with Crippen molar-refractivity contribution < 1.29 is 4.79 Å². The fourth-order valence-electron chi connectivity index (χ4n) is 0.252. The van der Waals surface area contributed by atoms with Crippen LogP contribution in [0, 0.1) is 0 Å². The molecule has 0 spiro atoms. The van der Waals surface area contributed by atoms with Gasteiger partial charge in [0.1, 0.15) is 5.78 Å². The average molecular weight is 113 g/mol. The van der Waals surface area contributed by atoms with E-state index in [-0.39, 0.29) is 12.3 Å². The number of carbonyl (C=O) groups is 1. The van der Waals surface area contributed by atoms with Gasteiger partial charge in [-0.1, -0.05) is 5.11 Å². The van der Waals surface area contributed by atoms with Crippen molar-refractivity contribution in [2.75, 3.05) is 6.54 Å². The Morgan fingerprint density at radius 2 is 2.50 bits per heavy atom. The Balaban J connectivity index is 3.18. The zero-order valence-corrected chi connectivity index (χ0v) is 4.66. The zero-order valence-electron chi connectivity index (χ0n) is 4.66. The quantitative estimate of drug-likeness (QED) is 0.309. The van der Waals surface area contributed by atoms with Crippen LogP contribution in [0.4, 0.5) is 0 Å². The van der Waals surface area contributed by atoms with Crippen molar-refractivity contribution in [3.8, 4) is 0 Å². The molecular weight excluding hydrogens is 106 g/mol. The van der Waals surface area contributed by atoms with E-state index in [0.29, 0.717) is 6.42 Å². The molecule has 0 unspecified atom stereocenters. The lowest BCUT2D eigenvalue weighted by Gasteiger charge is -1.81. The van der Waals surface area contributed by atoms with E-state index in [1.165, 1.54) is 6.92 Å². The van der Waals surface area contributed by atoms with Crippen LogP contribution < -0.4 is 0 Å². The number of rotatable bonds is 3. The number of ketones is 1. The van der Waals surface area contributed by atoms with Gasteiger partial charge in [-0.05, 0) is 12.5 Å². The SMILES string of the molecule is CC(=O)CCN=[N+]=[N-]. The van der Waals surface area contributed by atoms with Gasteiger partial charge in [-0.2, -0.15) is 0 Å². The van der Waals surface area contributed by atoms with E-state index in [1.807, 2.05) is 0 Å². The summed E-state index contributed by atoms with van der Waals surface area (Å²) in [4.78, 5) is 12.6. The van der Waals surface area contributed by atoms with Gasteiger partial charge < -0.3 is 4.79 Å². The minimum absolute atomic E-state index is 0.0531.